The van der Waals surface area contributed by atoms with Crippen LogP contribution in [-0.2, 0) is 0 Å². The van der Waals surface area contributed by atoms with E-state index < -0.39 is 0 Å². The van der Waals surface area contributed by atoms with Crippen LogP contribution in [-0.4, -0.2) is 16.1 Å². The molecular formula is C11H16N4O. The molecule has 1 rings (SSSR count). The molecule has 1 atom stereocenters. The zero-order valence-electron chi connectivity index (χ0n) is 9.69. The molecule has 0 aliphatic rings. The second-order valence-corrected chi connectivity index (χ2v) is 3.68. The average Bonchev–Trinajstić information content (AvgIpc) is 2.28. The van der Waals surface area contributed by atoms with Gasteiger partial charge in [-0.05, 0) is 6.92 Å². The van der Waals surface area contributed by atoms with Gasteiger partial charge in [-0.25, -0.2) is 10.8 Å². The Morgan fingerprint density at radius 1 is 1.44 bits per heavy atom. The average molecular weight is 220 g/mol. The lowest BCUT2D eigenvalue weighted by molar-refractivity contribution is 0.266. The highest BCUT2D eigenvalue weighted by molar-refractivity contribution is 5.37. The first-order valence-corrected chi connectivity index (χ1v) is 5.05. The van der Waals surface area contributed by atoms with E-state index in [0.29, 0.717) is 17.5 Å². The molecule has 5 nitrogen and oxygen atoms in total. The van der Waals surface area contributed by atoms with Crippen LogP contribution in [0.1, 0.15) is 32.5 Å². The number of nitrogen functional groups attached to an aromatic ring is 1. The molecule has 3 N–H and O–H groups in total. The summed E-state index contributed by atoms with van der Waals surface area (Å²) in [6.45, 7) is 5.75. The molecule has 0 fully saturated rings. The van der Waals surface area contributed by atoms with Gasteiger partial charge in [0.1, 0.15) is 11.6 Å². The molecule has 0 spiro atoms. The Kier molecular flexibility index (Phi) is 4.09. The smallest absolute Gasteiger partial charge is 0.220 e. The molecule has 0 radical (unpaired) electrons. The quantitative estimate of drug-likeness (QED) is 0.454. The molecule has 0 aromatic carbocycles. The minimum Gasteiger partial charge on any atom is -0.461 e. The molecule has 86 valence electrons. The lowest BCUT2D eigenvalue weighted by Gasteiger charge is -2.12. The van der Waals surface area contributed by atoms with Crippen molar-refractivity contribution in [2.45, 2.75) is 32.8 Å². The van der Waals surface area contributed by atoms with Crippen molar-refractivity contribution >= 4 is 5.82 Å². The minimum atomic E-state index is -0.333. The van der Waals surface area contributed by atoms with Gasteiger partial charge < -0.3 is 10.2 Å². The van der Waals surface area contributed by atoms with Crippen LogP contribution in [0.3, 0.4) is 0 Å². The Morgan fingerprint density at radius 2 is 2.12 bits per heavy atom. The van der Waals surface area contributed by atoms with Gasteiger partial charge in [0.2, 0.25) is 5.88 Å². The third-order valence-corrected chi connectivity index (χ3v) is 1.92. The van der Waals surface area contributed by atoms with Gasteiger partial charge in [0, 0.05) is 12.0 Å². The summed E-state index contributed by atoms with van der Waals surface area (Å²) in [6, 6.07) is 1.61. The first kappa shape index (κ1) is 12.3. The second kappa shape index (κ2) is 5.33. The highest BCUT2D eigenvalue weighted by Gasteiger charge is 2.09. The molecule has 1 aromatic rings. The van der Waals surface area contributed by atoms with Gasteiger partial charge in [0.05, 0.1) is 0 Å². The van der Waals surface area contributed by atoms with Crippen molar-refractivity contribution in [3.05, 3.63) is 11.9 Å². The van der Waals surface area contributed by atoms with Crippen molar-refractivity contribution in [1.29, 1.82) is 0 Å². The number of terminal acetylenes is 1. The third kappa shape index (κ3) is 3.11. The van der Waals surface area contributed by atoms with Crippen LogP contribution >= 0.6 is 0 Å². The largest absolute Gasteiger partial charge is 0.461 e. The number of nitrogens with zero attached hydrogens (tertiary/aromatic N) is 2. The predicted octanol–water partition coefficient (Wildman–Crippen LogP) is 1.29. The number of nitrogens with two attached hydrogens (primary N) is 1. The fraction of sp³-hybridized carbons (Fsp3) is 0.455. The van der Waals surface area contributed by atoms with Crippen LogP contribution in [0.25, 0.3) is 0 Å². The maximum atomic E-state index is 5.41. The van der Waals surface area contributed by atoms with Gasteiger partial charge in [-0.2, -0.15) is 4.98 Å². The van der Waals surface area contributed by atoms with Gasteiger partial charge >= 0.3 is 0 Å². The Labute approximate surface area is 95.4 Å². The van der Waals surface area contributed by atoms with Crippen molar-refractivity contribution < 1.29 is 4.74 Å². The third-order valence-electron chi connectivity index (χ3n) is 1.92. The molecule has 5 heteroatoms. The Hall–Kier alpha value is -1.80. The summed E-state index contributed by atoms with van der Waals surface area (Å²) in [5.41, 5.74) is 2.47. The van der Waals surface area contributed by atoms with Gasteiger partial charge in [-0.1, -0.05) is 19.8 Å². The zero-order valence-corrected chi connectivity index (χ0v) is 9.69. The Bertz CT molecular complexity index is 397. The zero-order chi connectivity index (χ0) is 12.1. The van der Waals surface area contributed by atoms with Crippen LogP contribution in [0.4, 0.5) is 5.82 Å². The number of hydrogen-bond donors (Lipinski definition) is 2. The van der Waals surface area contributed by atoms with Crippen LogP contribution in [0, 0.1) is 12.3 Å². The Morgan fingerprint density at radius 3 is 2.62 bits per heavy atom. The number of ether oxygens (including phenoxy) is 1. The SMILES string of the molecule is C#CC(C)Oc1cc(NN)nc(C(C)C)n1. The molecule has 0 saturated carbocycles. The summed E-state index contributed by atoms with van der Waals surface area (Å²) in [5, 5.41) is 0. The summed E-state index contributed by atoms with van der Waals surface area (Å²) in [7, 11) is 0. The van der Waals surface area contributed by atoms with Crippen LogP contribution in [0.2, 0.25) is 0 Å². The van der Waals surface area contributed by atoms with E-state index in [9.17, 15) is 0 Å². The van der Waals surface area contributed by atoms with Gasteiger partial charge in [0.15, 0.2) is 6.10 Å². The number of rotatable bonds is 4. The van der Waals surface area contributed by atoms with E-state index in [-0.39, 0.29) is 12.0 Å². The molecule has 0 amide bonds. The number of nitrogens with one attached hydrogen (secondary N) is 1. The van der Waals surface area contributed by atoms with Crippen molar-refractivity contribution in [3.8, 4) is 18.2 Å². The molecule has 1 unspecified atom stereocenters. The normalized spacial score (nSPS) is 12.0. The molecule has 1 aromatic heterocycles. The topological polar surface area (TPSA) is 73.1 Å². The standard InChI is InChI=1S/C11H16N4O/c1-5-8(4)16-10-6-9(15-12)13-11(14-10)7(2)3/h1,6-8H,12H2,2-4H3,(H,13,14,15). The number of aromatic nitrogens is 2. The molecule has 0 aliphatic carbocycles. The van der Waals surface area contributed by atoms with Crippen molar-refractivity contribution in [1.82, 2.24) is 9.97 Å². The van der Waals surface area contributed by atoms with Crippen molar-refractivity contribution in [3.63, 3.8) is 0 Å². The van der Waals surface area contributed by atoms with E-state index in [0.717, 1.165) is 0 Å². The number of hydrogen-bond acceptors (Lipinski definition) is 5. The highest BCUT2D eigenvalue weighted by atomic mass is 16.5. The summed E-state index contributed by atoms with van der Waals surface area (Å²) in [6.07, 6.45) is 4.90. The summed E-state index contributed by atoms with van der Waals surface area (Å²) >= 11 is 0. The lowest BCUT2D eigenvalue weighted by Crippen LogP contribution is -2.14. The van der Waals surface area contributed by atoms with E-state index in [4.69, 9.17) is 17.0 Å². The maximum absolute atomic E-state index is 5.41. The van der Waals surface area contributed by atoms with Gasteiger partial charge in [-0.3, -0.25) is 0 Å². The fourth-order valence-corrected chi connectivity index (χ4v) is 1.05. The molecule has 0 saturated heterocycles. The fourth-order valence-electron chi connectivity index (χ4n) is 1.05. The van der Waals surface area contributed by atoms with E-state index >= 15 is 0 Å². The van der Waals surface area contributed by atoms with Crippen LogP contribution in [0.15, 0.2) is 6.07 Å². The number of hydrazine groups is 1. The van der Waals surface area contributed by atoms with E-state index in [1.807, 2.05) is 13.8 Å². The summed E-state index contributed by atoms with van der Waals surface area (Å²) < 4.78 is 5.41. The molecule has 0 aliphatic heterocycles. The van der Waals surface area contributed by atoms with E-state index in [2.05, 4.69) is 21.3 Å². The van der Waals surface area contributed by atoms with Crippen LogP contribution in [0.5, 0.6) is 5.88 Å². The molecular weight excluding hydrogens is 204 g/mol. The van der Waals surface area contributed by atoms with Gasteiger partial charge in [-0.15, -0.1) is 6.42 Å². The maximum Gasteiger partial charge on any atom is 0.220 e. The molecule has 16 heavy (non-hydrogen) atoms. The number of anilines is 1. The second-order valence-electron chi connectivity index (χ2n) is 3.68. The lowest BCUT2D eigenvalue weighted by atomic mass is 10.2. The molecule has 0 bridgehead atoms. The monoisotopic (exact) mass is 220 g/mol. The van der Waals surface area contributed by atoms with Crippen LogP contribution < -0.4 is 16.0 Å². The van der Waals surface area contributed by atoms with Crippen molar-refractivity contribution in [2.75, 3.05) is 5.43 Å². The van der Waals surface area contributed by atoms with E-state index in [1.54, 1.807) is 13.0 Å². The first-order chi connectivity index (χ1) is 7.56. The van der Waals surface area contributed by atoms with Crippen molar-refractivity contribution in [2.24, 2.45) is 5.84 Å². The minimum absolute atomic E-state index is 0.191. The predicted molar refractivity (Wildman–Crippen MR) is 62.9 cm³/mol. The summed E-state index contributed by atoms with van der Waals surface area (Å²) in [5.74, 6) is 9.57. The molecule has 1 heterocycles. The van der Waals surface area contributed by atoms with E-state index in [1.165, 1.54) is 0 Å². The Balaban J connectivity index is 3.00. The summed E-state index contributed by atoms with van der Waals surface area (Å²) in [4.78, 5) is 8.45. The highest BCUT2D eigenvalue weighted by Crippen LogP contribution is 2.18. The first-order valence-electron chi connectivity index (χ1n) is 5.05. The van der Waals surface area contributed by atoms with Gasteiger partial charge in [0.25, 0.3) is 0 Å².